The van der Waals surface area contributed by atoms with Crippen molar-refractivity contribution in [2.75, 3.05) is 17.2 Å². The fourth-order valence-corrected chi connectivity index (χ4v) is 1.89. The maximum atomic E-state index is 5.42. The molecular weight excluding hydrogens is 252 g/mol. The number of nitrogens with one attached hydrogen (secondary N) is 2. The number of aromatic nitrogens is 2. The van der Waals surface area contributed by atoms with Crippen molar-refractivity contribution in [1.29, 1.82) is 0 Å². The van der Waals surface area contributed by atoms with Crippen LogP contribution in [-0.2, 0) is 0 Å². The van der Waals surface area contributed by atoms with E-state index in [0.717, 1.165) is 23.1 Å². The zero-order chi connectivity index (χ0) is 13.8. The molecule has 2 aromatic rings. The molecule has 1 aliphatic carbocycles. The molecule has 104 valence electrons. The minimum Gasteiger partial charge on any atom is -0.494 e. The maximum Gasteiger partial charge on any atom is 0.135 e. The summed E-state index contributed by atoms with van der Waals surface area (Å²) in [5, 5.41) is 6.62. The molecule has 0 atom stereocenters. The highest BCUT2D eigenvalue weighted by atomic mass is 16.5. The first-order valence-electron chi connectivity index (χ1n) is 6.92. The summed E-state index contributed by atoms with van der Waals surface area (Å²) >= 11 is 0. The van der Waals surface area contributed by atoms with E-state index < -0.39 is 0 Å². The minimum atomic E-state index is 0.586. The fraction of sp³-hybridized carbons (Fsp3) is 0.333. The minimum absolute atomic E-state index is 0.586. The molecule has 1 aromatic heterocycles. The normalized spacial score (nSPS) is 13.8. The van der Waals surface area contributed by atoms with Crippen LogP contribution in [0, 0.1) is 0 Å². The Labute approximate surface area is 118 Å². The van der Waals surface area contributed by atoms with Crippen molar-refractivity contribution in [3.63, 3.8) is 0 Å². The van der Waals surface area contributed by atoms with E-state index in [1.54, 1.807) is 6.33 Å². The van der Waals surface area contributed by atoms with E-state index in [0.29, 0.717) is 12.6 Å². The second-order valence-corrected chi connectivity index (χ2v) is 4.79. The lowest BCUT2D eigenvalue weighted by Crippen LogP contribution is -2.04. The number of nitrogens with zero attached hydrogens (tertiary/aromatic N) is 2. The van der Waals surface area contributed by atoms with Gasteiger partial charge < -0.3 is 15.4 Å². The second-order valence-electron chi connectivity index (χ2n) is 4.79. The van der Waals surface area contributed by atoms with Crippen LogP contribution in [0.1, 0.15) is 19.8 Å². The monoisotopic (exact) mass is 270 g/mol. The summed E-state index contributed by atoms with van der Waals surface area (Å²) in [6.45, 7) is 2.65. The lowest BCUT2D eigenvalue weighted by Gasteiger charge is -2.09. The molecule has 5 heteroatoms. The number of anilines is 3. The summed E-state index contributed by atoms with van der Waals surface area (Å²) in [6, 6.07) is 10.3. The van der Waals surface area contributed by atoms with Gasteiger partial charge in [-0.3, -0.25) is 0 Å². The average Bonchev–Trinajstić information content (AvgIpc) is 3.26. The van der Waals surface area contributed by atoms with Gasteiger partial charge in [-0.25, -0.2) is 9.97 Å². The maximum absolute atomic E-state index is 5.42. The number of hydrogen-bond acceptors (Lipinski definition) is 5. The van der Waals surface area contributed by atoms with Crippen molar-refractivity contribution in [3.8, 4) is 5.75 Å². The summed E-state index contributed by atoms with van der Waals surface area (Å²) in [7, 11) is 0. The molecule has 1 saturated carbocycles. The first-order chi connectivity index (χ1) is 9.83. The Balaban J connectivity index is 1.66. The average molecular weight is 270 g/mol. The van der Waals surface area contributed by atoms with Gasteiger partial charge in [-0.2, -0.15) is 0 Å². The Morgan fingerprint density at radius 1 is 1.15 bits per heavy atom. The third kappa shape index (κ3) is 3.38. The molecule has 1 aromatic carbocycles. The molecule has 3 rings (SSSR count). The van der Waals surface area contributed by atoms with E-state index in [-0.39, 0.29) is 0 Å². The highest BCUT2D eigenvalue weighted by molar-refractivity contribution is 5.59. The number of ether oxygens (including phenoxy) is 1. The molecule has 0 spiro atoms. The van der Waals surface area contributed by atoms with Crippen molar-refractivity contribution in [2.24, 2.45) is 0 Å². The summed E-state index contributed by atoms with van der Waals surface area (Å²) < 4.78 is 5.42. The number of rotatable bonds is 6. The highest BCUT2D eigenvalue weighted by Gasteiger charge is 2.21. The van der Waals surface area contributed by atoms with Gasteiger partial charge in [-0.1, -0.05) is 0 Å². The molecule has 20 heavy (non-hydrogen) atoms. The highest BCUT2D eigenvalue weighted by Crippen LogP contribution is 2.25. The molecule has 0 saturated heterocycles. The van der Waals surface area contributed by atoms with E-state index in [1.165, 1.54) is 12.8 Å². The van der Waals surface area contributed by atoms with Gasteiger partial charge >= 0.3 is 0 Å². The molecule has 0 amide bonds. The van der Waals surface area contributed by atoms with Crippen LogP contribution in [-0.4, -0.2) is 22.6 Å². The van der Waals surface area contributed by atoms with Gasteiger partial charge in [0.1, 0.15) is 23.7 Å². The van der Waals surface area contributed by atoms with Crippen molar-refractivity contribution in [2.45, 2.75) is 25.8 Å². The van der Waals surface area contributed by atoms with Crippen LogP contribution in [0.2, 0.25) is 0 Å². The van der Waals surface area contributed by atoms with Crippen molar-refractivity contribution in [3.05, 3.63) is 36.7 Å². The molecule has 1 aliphatic rings. The molecule has 1 heterocycles. The van der Waals surface area contributed by atoms with Gasteiger partial charge in [0.15, 0.2) is 0 Å². The standard InChI is InChI=1S/C15H18N4O/c1-2-20-13-7-5-12(6-8-13)19-15-9-14(16-10-17-15)18-11-3-4-11/h5-11H,2-4H2,1H3,(H2,16,17,18,19). The van der Waals surface area contributed by atoms with Gasteiger partial charge in [-0.05, 0) is 44.0 Å². The Kier molecular flexibility index (Phi) is 3.67. The Morgan fingerprint density at radius 2 is 1.90 bits per heavy atom. The Morgan fingerprint density at radius 3 is 2.60 bits per heavy atom. The predicted octanol–water partition coefficient (Wildman–Crippen LogP) is 3.19. The molecule has 2 N–H and O–H groups in total. The van der Waals surface area contributed by atoms with E-state index in [2.05, 4.69) is 20.6 Å². The van der Waals surface area contributed by atoms with Gasteiger partial charge in [0.05, 0.1) is 6.61 Å². The van der Waals surface area contributed by atoms with Gasteiger partial charge in [0.2, 0.25) is 0 Å². The van der Waals surface area contributed by atoms with Crippen LogP contribution < -0.4 is 15.4 Å². The third-order valence-electron chi connectivity index (χ3n) is 3.03. The first kappa shape index (κ1) is 12.7. The first-order valence-corrected chi connectivity index (χ1v) is 6.92. The van der Waals surface area contributed by atoms with Gasteiger partial charge in [0.25, 0.3) is 0 Å². The predicted molar refractivity (Wildman–Crippen MR) is 79.6 cm³/mol. The smallest absolute Gasteiger partial charge is 0.135 e. The van der Waals surface area contributed by atoms with Crippen LogP contribution in [0.3, 0.4) is 0 Å². The van der Waals surface area contributed by atoms with E-state index in [9.17, 15) is 0 Å². The van der Waals surface area contributed by atoms with E-state index >= 15 is 0 Å². The Bertz CT molecular complexity index is 566. The Hall–Kier alpha value is -2.30. The molecule has 5 nitrogen and oxygen atoms in total. The van der Waals surface area contributed by atoms with Crippen LogP contribution in [0.4, 0.5) is 17.3 Å². The summed E-state index contributed by atoms with van der Waals surface area (Å²) in [4.78, 5) is 8.45. The lowest BCUT2D eigenvalue weighted by atomic mass is 10.3. The van der Waals surface area contributed by atoms with Gasteiger partial charge in [0, 0.05) is 17.8 Å². The van der Waals surface area contributed by atoms with E-state index in [4.69, 9.17) is 4.74 Å². The van der Waals surface area contributed by atoms with Gasteiger partial charge in [-0.15, -0.1) is 0 Å². The summed E-state index contributed by atoms with van der Waals surface area (Å²) in [6.07, 6.45) is 4.03. The third-order valence-corrected chi connectivity index (χ3v) is 3.03. The zero-order valence-corrected chi connectivity index (χ0v) is 11.5. The topological polar surface area (TPSA) is 59.1 Å². The molecule has 0 unspecified atom stereocenters. The van der Waals surface area contributed by atoms with Crippen LogP contribution in [0.5, 0.6) is 5.75 Å². The largest absolute Gasteiger partial charge is 0.494 e. The van der Waals surface area contributed by atoms with Crippen LogP contribution in [0.15, 0.2) is 36.7 Å². The zero-order valence-electron chi connectivity index (χ0n) is 11.5. The SMILES string of the molecule is CCOc1ccc(Nc2cc(NC3CC3)ncn2)cc1. The number of benzene rings is 1. The summed E-state index contributed by atoms with van der Waals surface area (Å²) in [5.74, 6) is 2.53. The quantitative estimate of drug-likeness (QED) is 0.844. The van der Waals surface area contributed by atoms with Crippen molar-refractivity contribution in [1.82, 2.24) is 9.97 Å². The van der Waals surface area contributed by atoms with Crippen LogP contribution in [0.25, 0.3) is 0 Å². The summed E-state index contributed by atoms with van der Waals surface area (Å²) in [5.41, 5.74) is 0.976. The fourth-order valence-electron chi connectivity index (χ4n) is 1.89. The molecule has 0 radical (unpaired) electrons. The lowest BCUT2D eigenvalue weighted by molar-refractivity contribution is 0.340. The molecular formula is C15H18N4O. The molecule has 0 bridgehead atoms. The molecule has 1 fully saturated rings. The number of hydrogen-bond donors (Lipinski definition) is 2. The van der Waals surface area contributed by atoms with Crippen molar-refractivity contribution < 1.29 is 4.74 Å². The molecule has 0 aliphatic heterocycles. The van der Waals surface area contributed by atoms with E-state index in [1.807, 2.05) is 37.3 Å². The second kappa shape index (κ2) is 5.77. The van der Waals surface area contributed by atoms with Crippen LogP contribution >= 0.6 is 0 Å². The van der Waals surface area contributed by atoms with Crippen molar-refractivity contribution >= 4 is 17.3 Å².